The summed E-state index contributed by atoms with van der Waals surface area (Å²) in [5.41, 5.74) is 11.5. The van der Waals surface area contributed by atoms with Crippen LogP contribution in [0.5, 0.6) is 0 Å². The van der Waals surface area contributed by atoms with E-state index in [1.807, 2.05) is 12.1 Å². The van der Waals surface area contributed by atoms with Gasteiger partial charge in [0.25, 0.3) is 0 Å². The number of ketones is 1. The topological polar surface area (TPSA) is 43.1 Å². The average Bonchev–Trinajstić information content (AvgIpc) is 3.31. The van der Waals surface area contributed by atoms with E-state index >= 15 is 0 Å². The van der Waals surface area contributed by atoms with E-state index in [0.29, 0.717) is 5.41 Å². The molecule has 3 rings (SSSR count). The lowest BCUT2D eigenvalue weighted by Crippen LogP contribution is -2.29. The molecule has 0 saturated heterocycles. The maximum atomic E-state index is 11.4. The van der Waals surface area contributed by atoms with E-state index in [9.17, 15) is 4.79 Å². The highest BCUT2D eigenvalue weighted by molar-refractivity contribution is 5.94. The number of hydrogen-bond acceptors (Lipinski definition) is 2. The lowest BCUT2D eigenvalue weighted by atomic mass is 9.64. The van der Waals surface area contributed by atoms with Gasteiger partial charge >= 0.3 is 0 Å². The van der Waals surface area contributed by atoms with Crippen molar-refractivity contribution < 1.29 is 4.79 Å². The summed E-state index contributed by atoms with van der Waals surface area (Å²) in [5.74, 6) is 0.126. The molecule has 0 aliphatic heterocycles. The quantitative estimate of drug-likeness (QED) is 0.622. The highest BCUT2D eigenvalue weighted by atomic mass is 16.1. The zero-order valence-electron chi connectivity index (χ0n) is 15.2. The normalized spacial score (nSPS) is 22.5. The minimum atomic E-state index is 0.100. The van der Waals surface area contributed by atoms with Crippen molar-refractivity contribution in [3.63, 3.8) is 0 Å². The van der Waals surface area contributed by atoms with E-state index in [0.717, 1.165) is 24.9 Å². The van der Waals surface area contributed by atoms with Gasteiger partial charge < -0.3 is 5.73 Å². The van der Waals surface area contributed by atoms with Crippen LogP contribution in [0.4, 0.5) is 0 Å². The molecule has 2 aliphatic carbocycles. The molecule has 0 radical (unpaired) electrons. The lowest BCUT2D eigenvalue weighted by Gasteiger charge is -2.41. The fraction of sp³-hybridized carbons (Fsp3) is 0.500. The van der Waals surface area contributed by atoms with Gasteiger partial charge in [0, 0.05) is 11.0 Å². The van der Waals surface area contributed by atoms with Crippen LogP contribution >= 0.6 is 0 Å². The standard InChI is InChI=1S/C22H29NO/c1-16(24)18-8-6-17(7-9-18)15-19-10-11-22(12-13-22)20(5-4-14-23)21(19,2)3/h5-10H,4,11-15,23H2,1-3H3/b20-5-. The highest BCUT2D eigenvalue weighted by Crippen LogP contribution is 2.64. The van der Waals surface area contributed by atoms with Gasteiger partial charge in [0.15, 0.2) is 5.78 Å². The van der Waals surface area contributed by atoms with E-state index in [-0.39, 0.29) is 11.2 Å². The van der Waals surface area contributed by atoms with Crippen LogP contribution in [-0.4, -0.2) is 12.3 Å². The molecular weight excluding hydrogens is 294 g/mol. The second kappa shape index (κ2) is 6.33. The Hall–Kier alpha value is -1.67. The molecule has 0 aromatic heterocycles. The molecule has 2 heteroatoms. The van der Waals surface area contributed by atoms with Gasteiger partial charge in [0.05, 0.1) is 0 Å². The zero-order chi connectivity index (χ0) is 17.4. The molecule has 24 heavy (non-hydrogen) atoms. The molecule has 1 spiro atoms. The minimum absolute atomic E-state index is 0.100. The summed E-state index contributed by atoms with van der Waals surface area (Å²) in [4.78, 5) is 11.4. The monoisotopic (exact) mass is 323 g/mol. The molecule has 1 saturated carbocycles. The van der Waals surface area contributed by atoms with Crippen molar-refractivity contribution in [1.29, 1.82) is 0 Å². The van der Waals surface area contributed by atoms with Gasteiger partial charge in [-0.3, -0.25) is 4.79 Å². The first-order chi connectivity index (χ1) is 11.4. The number of carbonyl (C=O) groups is 1. The first-order valence-electron chi connectivity index (χ1n) is 9.10. The number of Topliss-reactive ketones (excluding diaryl/α,β-unsaturated/α-hetero) is 1. The maximum Gasteiger partial charge on any atom is 0.159 e. The van der Waals surface area contributed by atoms with Crippen LogP contribution in [0.2, 0.25) is 0 Å². The molecule has 1 aromatic rings. The number of hydrogen-bond donors (Lipinski definition) is 1. The summed E-state index contributed by atoms with van der Waals surface area (Å²) in [5, 5.41) is 0. The lowest BCUT2D eigenvalue weighted by molar-refractivity contribution is 0.101. The van der Waals surface area contributed by atoms with Crippen molar-refractivity contribution in [2.24, 2.45) is 16.6 Å². The summed E-state index contributed by atoms with van der Waals surface area (Å²) < 4.78 is 0. The van der Waals surface area contributed by atoms with Crippen LogP contribution in [0.1, 0.15) is 62.4 Å². The summed E-state index contributed by atoms with van der Waals surface area (Å²) in [6.45, 7) is 7.07. The molecule has 128 valence electrons. The van der Waals surface area contributed by atoms with Crippen LogP contribution in [0.15, 0.2) is 47.6 Å². The van der Waals surface area contributed by atoms with Crippen molar-refractivity contribution in [2.45, 2.75) is 52.9 Å². The van der Waals surface area contributed by atoms with Gasteiger partial charge in [-0.15, -0.1) is 0 Å². The number of carbonyl (C=O) groups excluding carboxylic acids is 1. The summed E-state index contributed by atoms with van der Waals surface area (Å²) >= 11 is 0. The molecule has 2 aliphatic rings. The van der Waals surface area contributed by atoms with Gasteiger partial charge in [-0.2, -0.15) is 0 Å². The van der Waals surface area contributed by atoms with Crippen LogP contribution in [0.25, 0.3) is 0 Å². The number of allylic oxidation sites excluding steroid dienone is 3. The van der Waals surface area contributed by atoms with Crippen LogP contribution in [0.3, 0.4) is 0 Å². The Balaban J connectivity index is 1.85. The third-order valence-corrected chi connectivity index (χ3v) is 5.91. The van der Waals surface area contributed by atoms with Gasteiger partial charge in [-0.1, -0.05) is 61.4 Å². The van der Waals surface area contributed by atoms with Crippen molar-refractivity contribution in [2.75, 3.05) is 6.54 Å². The van der Waals surface area contributed by atoms with Crippen LogP contribution < -0.4 is 5.73 Å². The predicted octanol–water partition coefficient (Wildman–Crippen LogP) is 4.84. The van der Waals surface area contributed by atoms with Gasteiger partial charge in [-0.05, 0) is 56.6 Å². The maximum absolute atomic E-state index is 11.4. The minimum Gasteiger partial charge on any atom is -0.330 e. The molecule has 0 atom stereocenters. The van der Waals surface area contributed by atoms with Crippen molar-refractivity contribution in [3.8, 4) is 0 Å². The fourth-order valence-corrected chi connectivity index (χ4v) is 4.21. The molecule has 0 amide bonds. The SMILES string of the molecule is CC(=O)c1ccc(CC2=CCC3(CC3)/C(=C\CCN)C2(C)C)cc1. The second-order valence-corrected chi connectivity index (χ2v) is 7.96. The molecule has 1 fully saturated rings. The predicted molar refractivity (Wildman–Crippen MR) is 100 cm³/mol. The Bertz CT molecular complexity index is 687. The third kappa shape index (κ3) is 3.12. The van der Waals surface area contributed by atoms with E-state index in [4.69, 9.17) is 5.73 Å². The molecule has 0 unspecified atom stereocenters. The largest absolute Gasteiger partial charge is 0.330 e. The van der Waals surface area contributed by atoms with Gasteiger partial charge in [0.2, 0.25) is 0 Å². The number of benzene rings is 1. The molecule has 0 heterocycles. The molecular formula is C22H29NO. The molecule has 0 bridgehead atoms. The summed E-state index contributed by atoms with van der Waals surface area (Å²) in [6.07, 6.45) is 10.6. The zero-order valence-corrected chi connectivity index (χ0v) is 15.2. The Morgan fingerprint density at radius 1 is 1.21 bits per heavy atom. The Kier molecular flexibility index (Phi) is 4.52. The van der Waals surface area contributed by atoms with Gasteiger partial charge in [0.1, 0.15) is 0 Å². The fourth-order valence-electron chi connectivity index (χ4n) is 4.21. The Morgan fingerprint density at radius 2 is 1.88 bits per heavy atom. The van der Waals surface area contributed by atoms with E-state index in [2.05, 4.69) is 38.1 Å². The molecule has 2 N–H and O–H groups in total. The van der Waals surface area contributed by atoms with Crippen molar-refractivity contribution in [1.82, 2.24) is 0 Å². The third-order valence-electron chi connectivity index (χ3n) is 5.91. The molecule has 1 aromatic carbocycles. The van der Waals surface area contributed by atoms with E-state index in [1.54, 1.807) is 12.5 Å². The smallest absolute Gasteiger partial charge is 0.159 e. The first-order valence-corrected chi connectivity index (χ1v) is 9.10. The second-order valence-electron chi connectivity index (χ2n) is 7.96. The van der Waals surface area contributed by atoms with Crippen LogP contribution in [0, 0.1) is 10.8 Å². The summed E-state index contributed by atoms with van der Waals surface area (Å²) in [7, 11) is 0. The number of rotatable bonds is 5. The Morgan fingerprint density at radius 3 is 2.42 bits per heavy atom. The first kappa shape index (κ1) is 17.2. The summed E-state index contributed by atoms with van der Waals surface area (Å²) in [6, 6.07) is 8.08. The average molecular weight is 323 g/mol. The van der Waals surface area contributed by atoms with Gasteiger partial charge in [-0.25, -0.2) is 0 Å². The van der Waals surface area contributed by atoms with Crippen molar-refractivity contribution in [3.05, 3.63) is 58.7 Å². The van der Waals surface area contributed by atoms with E-state index < -0.39 is 0 Å². The Labute approximate surface area is 145 Å². The highest BCUT2D eigenvalue weighted by Gasteiger charge is 2.52. The van der Waals surface area contributed by atoms with Crippen LogP contribution in [-0.2, 0) is 6.42 Å². The number of nitrogens with two attached hydrogens (primary N) is 1. The van der Waals surface area contributed by atoms with E-state index in [1.165, 1.54) is 30.4 Å². The van der Waals surface area contributed by atoms with Crippen molar-refractivity contribution >= 4 is 5.78 Å². The molecule has 2 nitrogen and oxygen atoms in total.